The molecule has 0 radical (unpaired) electrons. The van der Waals surface area contributed by atoms with E-state index in [1.807, 2.05) is 42.5 Å². The molecule has 0 N–H and O–H groups in total. The molecule has 3 aromatic rings. The van der Waals surface area contributed by atoms with Gasteiger partial charge in [0.2, 0.25) is 0 Å². The van der Waals surface area contributed by atoms with E-state index in [0.29, 0.717) is 11.6 Å². The molecule has 26 heavy (non-hydrogen) atoms. The number of hydrogen-bond donors (Lipinski definition) is 0. The number of Topliss-reactive ketones (excluding diaryl/α,β-unsaturated/α-hetero) is 2. The molecule has 0 aliphatic carbocycles. The lowest BCUT2D eigenvalue weighted by molar-refractivity contribution is -0.127. The summed E-state index contributed by atoms with van der Waals surface area (Å²) in [5, 5.41) is 11.3. The fraction of sp³-hybridized carbons (Fsp3) is 0.211. The van der Waals surface area contributed by atoms with Crippen LogP contribution in [0.25, 0.3) is 0 Å². The highest BCUT2D eigenvalue weighted by Crippen LogP contribution is 2.21. The molecule has 0 amide bonds. The maximum absolute atomic E-state index is 12.1. The summed E-state index contributed by atoms with van der Waals surface area (Å²) in [5.41, 5.74) is 0.831. The highest BCUT2D eigenvalue weighted by atomic mass is 16.5. The first kappa shape index (κ1) is 17.5. The van der Waals surface area contributed by atoms with Crippen LogP contribution in [0.15, 0.2) is 54.6 Å². The van der Waals surface area contributed by atoms with Gasteiger partial charge in [-0.2, -0.15) is 4.80 Å². The van der Waals surface area contributed by atoms with E-state index in [0.717, 1.165) is 11.3 Å². The van der Waals surface area contributed by atoms with Gasteiger partial charge in [-0.3, -0.25) is 9.59 Å². The van der Waals surface area contributed by atoms with E-state index >= 15 is 0 Å². The van der Waals surface area contributed by atoms with Crippen molar-refractivity contribution in [1.29, 1.82) is 0 Å². The molecule has 1 aromatic heterocycles. The molecule has 0 saturated carbocycles. The van der Waals surface area contributed by atoms with Gasteiger partial charge in [0, 0.05) is 6.42 Å². The summed E-state index contributed by atoms with van der Waals surface area (Å²) in [6, 6.07) is 16.7. The third kappa shape index (κ3) is 5.07. The fourth-order valence-corrected chi connectivity index (χ4v) is 2.41. The van der Waals surface area contributed by atoms with Gasteiger partial charge in [0.15, 0.2) is 11.6 Å². The van der Waals surface area contributed by atoms with Gasteiger partial charge in [-0.15, -0.1) is 10.2 Å². The van der Waals surface area contributed by atoms with Crippen LogP contribution in [0.4, 0.5) is 0 Å². The Hall–Kier alpha value is -3.35. The summed E-state index contributed by atoms with van der Waals surface area (Å²) in [4.78, 5) is 25.2. The average molecular weight is 350 g/mol. The zero-order chi connectivity index (χ0) is 18.4. The first-order valence-corrected chi connectivity index (χ1v) is 8.18. The highest BCUT2D eigenvalue weighted by molar-refractivity contribution is 5.99. The summed E-state index contributed by atoms with van der Waals surface area (Å²) >= 11 is 0. The number of para-hydroxylation sites is 1. The minimum absolute atomic E-state index is 0.0452. The highest BCUT2D eigenvalue weighted by Gasteiger charge is 2.12. The van der Waals surface area contributed by atoms with Crippen molar-refractivity contribution in [3.8, 4) is 11.5 Å². The second-order valence-electron chi connectivity index (χ2n) is 5.86. The third-order valence-corrected chi connectivity index (χ3v) is 3.57. The molecule has 0 unspecified atom stereocenters. The van der Waals surface area contributed by atoms with Crippen molar-refractivity contribution in [1.82, 2.24) is 20.2 Å². The molecular formula is C19H18N4O3. The number of ether oxygens (including phenoxy) is 1. The molecule has 132 valence electrons. The molecule has 0 fully saturated rings. The quantitative estimate of drug-likeness (QED) is 0.580. The van der Waals surface area contributed by atoms with Crippen molar-refractivity contribution in [2.45, 2.75) is 26.3 Å². The van der Waals surface area contributed by atoms with Crippen LogP contribution in [0.1, 0.15) is 17.8 Å². The molecule has 0 aliphatic rings. The lowest BCUT2D eigenvalue weighted by Crippen LogP contribution is -2.17. The van der Waals surface area contributed by atoms with Crippen LogP contribution in [0, 0.1) is 6.92 Å². The van der Waals surface area contributed by atoms with Crippen molar-refractivity contribution >= 4 is 11.6 Å². The average Bonchev–Trinajstić information content (AvgIpc) is 3.02. The fourth-order valence-electron chi connectivity index (χ4n) is 2.41. The zero-order valence-electron chi connectivity index (χ0n) is 14.3. The second-order valence-corrected chi connectivity index (χ2v) is 5.86. The number of benzene rings is 2. The summed E-state index contributed by atoms with van der Waals surface area (Å²) in [5.74, 6) is 1.54. The number of ketones is 2. The van der Waals surface area contributed by atoms with Gasteiger partial charge >= 0.3 is 0 Å². The molecule has 0 saturated heterocycles. The molecule has 0 atom stereocenters. The van der Waals surface area contributed by atoms with Gasteiger partial charge in [-0.25, -0.2) is 0 Å². The van der Waals surface area contributed by atoms with E-state index in [-0.39, 0.29) is 31.0 Å². The van der Waals surface area contributed by atoms with E-state index in [9.17, 15) is 9.59 Å². The van der Waals surface area contributed by atoms with Crippen LogP contribution in [0.3, 0.4) is 0 Å². The molecule has 2 aromatic carbocycles. The molecule has 7 nitrogen and oxygen atoms in total. The minimum Gasteiger partial charge on any atom is -0.457 e. The normalized spacial score (nSPS) is 10.5. The SMILES string of the molecule is Cc1nnn(CC(=O)CC(=O)Cc2ccc(Oc3ccccc3)cc2)n1. The van der Waals surface area contributed by atoms with Crippen LogP contribution in [-0.2, 0) is 22.6 Å². The van der Waals surface area contributed by atoms with Crippen LogP contribution >= 0.6 is 0 Å². The maximum Gasteiger partial charge on any atom is 0.171 e. The smallest absolute Gasteiger partial charge is 0.171 e. The number of aryl methyl sites for hydroxylation is 1. The Morgan fingerprint density at radius 2 is 1.65 bits per heavy atom. The number of rotatable bonds is 8. The Labute approximate surface area is 150 Å². The summed E-state index contributed by atoms with van der Waals surface area (Å²) in [6.07, 6.45) is 0.0457. The van der Waals surface area contributed by atoms with Gasteiger partial charge in [-0.05, 0) is 42.0 Å². The van der Waals surface area contributed by atoms with Crippen LogP contribution < -0.4 is 4.74 Å². The minimum atomic E-state index is -0.239. The Kier molecular flexibility index (Phi) is 5.48. The monoisotopic (exact) mass is 350 g/mol. The summed E-state index contributed by atoms with van der Waals surface area (Å²) < 4.78 is 5.71. The van der Waals surface area contributed by atoms with E-state index in [4.69, 9.17) is 4.74 Å². The van der Waals surface area contributed by atoms with E-state index in [2.05, 4.69) is 15.4 Å². The van der Waals surface area contributed by atoms with Crippen molar-refractivity contribution in [3.05, 3.63) is 66.0 Å². The van der Waals surface area contributed by atoms with Crippen LogP contribution in [-0.4, -0.2) is 31.8 Å². The van der Waals surface area contributed by atoms with Gasteiger partial charge < -0.3 is 4.74 Å². The van der Waals surface area contributed by atoms with Gasteiger partial charge in [0.05, 0.1) is 6.42 Å². The summed E-state index contributed by atoms with van der Waals surface area (Å²) in [6.45, 7) is 1.64. The Morgan fingerprint density at radius 3 is 2.31 bits per heavy atom. The molecule has 7 heteroatoms. The molecule has 1 heterocycles. The molecular weight excluding hydrogens is 332 g/mol. The topological polar surface area (TPSA) is 87.0 Å². The second kappa shape index (κ2) is 8.15. The van der Waals surface area contributed by atoms with E-state index < -0.39 is 0 Å². The Morgan fingerprint density at radius 1 is 0.962 bits per heavy atom. The number of aromatic nitrogens is 4. The van der Waals surface area contributed by atoms with Crippen molar-refractivity contribution in [3.63, 3.8) is 0 Å². The van der Waals surface area contributed by atoms with Gasteiger partial charge in [0.1, 0.15) is 23.8 Å². The lowest BCUT2D eigenvalue weighted by atomic mass is 10.1. The largest absolute Gasteiger partial charge is 0.457 e. The van der Waals surface area contributed by atoms with Crippen molar-refractivity contribution in [2.24, 2.45) is 0 Å². The Bertz CT molecular complexity index is 889. The van der Waals surface area contributed by atoms with Gasteiger partial charge in [0.25, 0.3) is 0 Å². The van der Waals surface area contributed by atoms with E-state index in [1.54, 1.807) is 19.1 Å². The van der Waals surface area contributed by atoms with Crippen molar-refractivity contribution in [2.75, 3.05) is 0 Å². The maximum atomic E-state index is 12.1. The number of carbonyl (C=O) groups is 2. The first-order chi connectivity index (χ1) is 12.6. The molecule has 0 spiro atoms. The standard InChI is InChI=1S/C19H18N4O3/c1-14-20-22-23(21-14)13-17(25)12-16(24)11-15-7-9-19(10-8-15)26-18-5-3-2-4-6-18/h2-10H,11-13H2,1H3. The Balaban J connectivity index is 1.50. The number of hydrogen-bond acceptors (Lipinski definition) is 6. The summed E-state index contributed by atoms with van der Waals surface area (Å²) in [7, 11) is 0. The van der Waals surface area contributed by atoms with Crippen LogP contribution in [0.5, 0.6) is 11.5 Å². The predicted octanol–water partition coefficient (Wildman–Crippen LogP) is 2.54. The van der Waals surface area contributed by atoms with E-state index in [1.165, 1.54) is 4.80 Å². The predicted molar refractivity (Wildman–Crippen MR) is 93.8 cm³/mol. The van der Waals surface area contributed by atoms with Crippen LogP contribution in [0.2, 0.25) is 0 Å². The lowest BCUT2D eigenvalue weighted by Gasteiger charge is -2.06. The third-order valence-electron chi connectivity index (χ3n) is 3.57. The number of nitrogens with zero attached hydrogens (tertiary/aromatic N) is 4. The molecule has 0 bridgehead atoms. The molecule has 0 aliphatic heterocycles. The first-order valence-electron chi connectivity index (χ1n) is 8.18. The van der Waals surface area contributed by atoms with Crippen molar-refractivity contribution < 1.29 is 14.3 Å². The number of tetrazole rings is 1. The number of carbonyl (C=O) groups excluding carboxylic acids is 2. The zero-order valence-corrected chi connectivity index (χ0v) is 14.3. The molecule has 3 rings (SSSR count). The van der Waals surface area contributed by atoms with Gasteiger partial charge in [-0.1, -0.05) is 30.3 Å².